The van der Waals surface area contributed by atoms with Gasteiger partial charge < -0.3 is 59.5 Å². The Kier molecular flexibility index (Phi) is 27.4. The van der Waals surface area contributed by atoms with Gasteiger partial charge in [-0.3, -0.25) is 28.8 Å². The number of primary amides is 1. The van der Waals surface area contributed by atoms with Gasteiger partial charge in [-0.15, -0.1) is 0 Å². The summed E-state index contributed by atoms with van der Waals surface area (Å²) in [5.74, 6) is -5.13. The lowest BCUT2D eigenvalue weighted by molar-refractivity contribution is -0.140. The summed E-state index contributed by atoms with van der Waals surface area (Å²) in [4.78, 5) is 58.6. The molecule has 16 N–H and O–H groups in total. The first-order valence-corrected chi connectivity index (χ1v) is 10.5. The highest BCUT2D eigenvalue weighted by molar-refractivity contribution is 5.83. The highest BCUT2D eigenvalue weighted by Gasteiger charge is 2.20. The summed E-state index contributed by atoms with van der Waals surface area (Å²) in [6, 6.07) is -2.12. The lowest BCUT2D eigenvalue weighted by Crippen LogP contribution is -2.34. The fraction of sp³-hybridized carbons (Fsp3) is 0.684. The van der Waals surface area contributed by atoms with Crippen LogP contribution in [-0.2, 0) is 28.8 Å². The Labute approximate surface area is 208 Å². The Morgan fingerprint density at radius 3 is 1.33 bits per heavy atom. The van der Waals surface area contributed by atoms with Crippen LogP contribution in [0.25, 0.3) is 0 Å². The van der Waals surface area contributed by atoms with Crippen LogP contribution >= 0.6 is 0 Å². The van der Waals surface area contributed by atoms with E-state index >= 15 is 0 Å². The van der Waals surface area contributed by atoms with Gasteiger partial charge in [0.15, 0.2) is 0 Å². The van der Waals surface area contributed by atoms with E-state index in [0.717, 1.165) is 19.4 Å². The molecule has 0 aliphatic carbocycles. The van der Waals surface area contributed by atoms with Crippen molar-refractivity contribution in [3.8, 4) is 0 Å². The van der Waals surface area contributed by atoms with E-state index in [-0.39, 0.29) is 25.6 Å². The van der Waals surface area contributed by atoms with Gasteiger partial charge in [0.2, 0.25) is 5.91 Å². The largest absolute Gasteiger partial charge is 0.480 e. The first kappa shape index (κ1) is 39.8. The molecule has 0 radical (unpaired) electrons. The molecule has 0 aromatic carbocycles. The van der Waals surface area contributed by atoms with Gasteiger partial charge in [-0.1, -0.05) is 13.8 Å². The molecule has 0 saturated carbocycles. The van der Waals surface area contributed by atoms with Crippen molar-refractivity contribution in [3.63, 3.8) is 0 Å². The molecule has 1 amide bonds. The summed E-state index contributed by atoms with van der Waals surface area (Å²) in [5, 5.41) is 42.8. The minimum Gasteiger partial charge on any atom is -0.480 e. The number of rotatable bonds is 9. The van der Waals surface area contributed by atoms with E-state index in [0.29, 0.717) is 12.3 Å². The van der Waals surface area contributed by atoms with Crippen LogP contribution in [-0.4, -0.2) is 99.0 Å². The quantitative estimate of drug-likeness (QED) is 0.139. The van der Waals surface area contributed by atoms with Crippen molar-refractivity contribution in [2.75, 3.05) is 19.6 Å². The molecule has 212 valence electrons. The van der Waals surface area contributed by atoms with Gasteiger partial charge in [-0.2, -0.15) is 0 Å². The van der Waals surface area contributed by atoms with Gasteiger partial charge >= 0.3 is 29.8 Å². The second kappa shape index (κ2) is 24.7. The summed E-state index contributed by atoms with van der Waals surface area (Å²) in [6.45, 7) is 4.20. The van der Waals surface area contributed by atoms with Crippen molar-refractivity contribution >= 4 is 35.8 Å². The number of nitrogens with two attached hydrogens (primary N) is 5. The highest BCUT2D eigenvalue weighted by atomic mass is 16.4. The molecule has 0 aromatic rings. The van der Waals surface area contributed by atoms with Crippen LogP contribution < -0.4 is 34.0 Å². The summed E-state index contributed by atoms with van der Waals surface area (Å²) in [7, 11) is 0. The predicted octanol–water partition coefficient (Wildman–Crippen LogP) is -3.40. The van der Waals surface area contributed by atoms with Crippen molar-refractivity contribution < 1.29 is 54.3 Å². The number of hydrogen-bond donors (Lipinski definition) is 11. The van der Waals surface area contributed by atoms with Gasteiger partial charge in [0.25, 0.3) is 0 Å². The van der Waals surface area contributed by atoms with Crippen molar-refractivity contribution in [2.45, 2.75) is 57.7 Å². The van der Waals surface area contributed by atoms with Gasteiger partial charge in [0.1, 0.15) is 18.1 Å². The Hall–Kier alpha value is -3.38. The number of carbonyl (C=O) groups excluding carboxylic acids is 1. The number of carbonyl (C=O) groups is 6. The number of hydrogen-bond acceptors (Lipinski definition) is 11. The van der Waals surface area contributed by atoms with Crippen molar-refractivity contribution in [2.24, 2.45) is 34.6 Å². The molecule has 3 atom stereocenters. The van der Waals surface area contributed by atoms with E-state index in [2.05, 4.69) is 22.5 Å². The first-order chi connectivity index (χ1) is 16.4. The van der Waals surface area contributed by atoms with E-state index in [4.69, 9.17) is 37.0 Å². The zero-order valence-electron chi connectivity index (χ0n) is 20.3. The molecule has 36 heavy (non-hydrogen) atoms. The number of nitrogens with one attached hydrogen (secondary N) is 1. The standard InChI is InChI=1S/C6H13NO2.C5H9NO2.C4H8N2O3.2C2H5NO2/c1-4(2)3-5(7)6(8)9;7-5(8)4-2-1-3-6-4;5-2(4(8)9)1-3(6)7;2*3-1-2(4)5/h4-5H,3,7H2,1-2H3,(H,8,9);4,6H,1-3H2,(H,7,8);2H,1,5H2,(H2,6,7)(H,8,9);2*1,3H2,(H,4,5)/t5-;4-;2-;;/m000../s1. The highest BCUT2D eigenvalue weighted by Crippen LogP contribution is 2.03. The average Bonchev–Trinajstić information content (AvgIpc) is 3.29. The fourth-order valence-electron chi connectivity index (χ4n) is 1.81. The Morgan fingerprint density at radius 1 is 0.833 bits per heavy atom. The van der Waals surface area contributed by atoms with Crippen molar-refractivity contribution in [1.29, 1.82) is 0 Å². The van der Waals surface area contributed by atoms with Crippen LogP contribution in [0.3, 0.4) is 0 Å². The Balaban J connectivity index is -0.000000182. The average molecular weight is 529 g/mol. The minimum atomic E-state index is -1.21. The molecule has 1 fully saturated rings. The van der Waals surface area contributed by atoms with E-state index < -0.39 is 47.8 Å². The van der Waals surface area contributed by atoms with E-state index in [1.165, 1.54) is 0 Å². The third-order valence-corrected chi connectivity index (χ3v) is 3.49. The van der Waals surface area contributed by atoms with Crippen LogP contribution in [0.5, 0.6) is 0 Å². The molecule has 17 heteroatoms. The topological polar surface area (TPSA) is 346 Å². The third kappa shape index (κ3) is 35.2. The molecule has 1 aliphatic rings. The van der Waals surface area contributed by atoms with Crippen LogP contribution in [0.1, 0.15) is 39.5 Å². The molecular formula is C19H40N6O11. The Bertz CT molecular complexity index is 656. The van der Waals surface area contributed by atoms with Crippen LogP contribution in [0.2, 0.25) is 0 Å². The summed E-state index contributed by atoms with van der Waals surface area (Å²) >= 11 is 0. The second-order valence-electron chi connectivity index (χ2n) is 7.37. The second-order valence-corrected chi connectivity index (χ2v) is 7.37. The molecule has 1 heterocycles. The molecule has 1 saturated heterocycles. The van der Waals surface area contributed by atoms with Crippen molar-refractivity contribution in [3.05, 3.63) is 0 Å². The summed E-state index contributed by atoms with van der Waals surface area (Å²) in [6.07, 6.45) is 2.02. The monoisotopic (exact) mass is 528 g/mol. The predicted molar refractivity (Wildman–Crippen MR) is 127 cm³/mol. The third-order valence-electron chi connectivity index (χ3n) is 3.49. The smallest absolute Gasteiger partial charge is 0.321 e. The molecule has 17 nitrogen and oxygen atoms in total. The lowest BCUT2D eigenvalue weighted by Gasteiger charge is -2.07. The number of carboxylic acid groups (broad SMARTS) is 5. The fourth-order valence-corrected chi connectivity index (χ4v) is 1.81. The van der Waals surface area contributed by atoms with Crippen LogP contribution in [0.4, 0.5) is 0 Å². The molecule has 1 aliphatic heterocycles. The maximum Gasteiger partial charge on any atom is 0.321 e. The summed E-state index contributed by atoms with van der Waals surface area (Å²) in [5.41, 5.74) is 23.9. The number of amides is 1. The van der Waals surface area contributed by atoms with E-state index in [9.17, 15) is 28.8 Å². The van der Waals surface area contributed by atoms with E-state index in [1.54, 1.807) is 0 Å². The zero-order chi connectivity index (χ0) is 29.4. The molecule has 0 spiro atoms. The molecule has 0 bridgehead atoms. The van der Waals surface area contributed by atoms with E-state index in [1.807, 2.05) is 13.8 Å². The molecule has 0 unspecified atom stereocenters. The molecule has 0 aromatic heterocycles. The maximum atomic E-state index is 10.1. The number of carboxylic acids is 5. The summed E-state index contributed by atoms with van der Waals surface area (Å²) < 4.78 is 0. The number of aliphatic carboxylic acids is 5. The maximum absolute atomic E-state index is 10.1. The SMILES string of the molecule is CC(C)C[C@H](N)C(=O)O.NC(=O)C[C@H](N)C(=O)O.NCC(=O)O.NCC(=O)O.O=C(O)[C@@H]1CCCN1. The molecular weight excluding hydrogens is 488 g/mol. The normalized spacial score (nSPS) is 14.9. The van der Waals surface area contributed by atoms with Crippen LogP contribution in [0, 0.1) is 5.92 Å². The van der Waals surface area contributed by atoms with Gasteiger partial charge in [-0.25, -0.2) is 0 Å². The van der Waals surface area contributed by atoms with Crippen molar-refractivity contribution in [1.82, 2.24) is 5.32 Å². The molecule has 1 rings (SSSR count). The van der Waals surface area contributed by atoms with Gasteiger partial charge in [-0.05, 0) is 31.7 Å². The first-order valence-electron chi connectivity index (χ1n) is 10.5. The Morgan fingerprint density at radius 2 is 1.22 bits per heavy atom. The van der Waals surface area contributed by atoms with Gasteiger partial charge in [0, 0.05) is 0 Å². The lowest BCUT2D eigenvalue weighted by atomic mass is 10.1. The minimum absolute atomic E-state index is 0.269. The van der Waals surface area contributed by atoms with Gasteiger partial charge in [0.05, 0.1) is 19.5 Å². The van der Waals surface area contributed by atoms with Crippen LogP contribution in [0.15, 0.2) is 0 Å². The zero-order valence-corrected chi connectivity index (χ0v) is 20.3.